The Morgan fingerprint density at radius 2 is 1.75 bits per heavy atom. The van der Waals surface area contributed by atoms with Gasteiger partial charge >= 0.3 is 6.03 Å². The second-order valence-corrected chi connectivity index (χ2v) is 20.4. The fourth-order valence-corrected chi connectivity index (χ4v) is 12.4. The van der Waals surface area contributed by atoms with Crippen LogP contribution < -0.4 is 30.6 Å². The number of hydrogen-bond acceptors (Lipinski definition) is 12. The molecule has 1 saturated carbocycles. The van der Waals surface area contributed by atoms with Crippen molar-refractivity contribution < 1.29 is 40.7 Å². The molecule has 3 atom stereocenters. The fraction of sp³-hybridized carbons (Fsp3) is 0.467. The highest BCUT2D eigenvalue weighted by atomic mass is 32.2. The number of halogens is 3. The number of likely N-dealkylation sites (tertiary alicyclic amines) is 1. The first-order chi connectivity index (χ1) is 32.0. The number of piperidine rings is 1. The number of nitrogens with two attached hydrogens (primary N) is 1. The third-order valence-corrected chi connectivity index (χ3v) is 16.0. The molecule has 5 aromatic rings. The minimum atomic E-state index is -4.35. The topological polar surface area (TPSA) is 214 Å². The van der Waals surface area contributed by atoms with Gasteiger partial charge < -0.3 is 19.3 Å². The Balaban J connectivity index is 0.721. The maximum Gasteiger partial charge on any atom is 0.329 e. The average molecular weight is 942 g/mol. The lowest BCUT2D eigenvalue weighted by Crippen LogP contribution is -2.67. The number of nitriles is 1. The van der Waals surface area contributed by atoms with Crippen LogP contribution in [0.1, 0.15) is 68.2 Å². The van der Waals surface area contributed by atoms with Gasteiger partial charge in [-0.3, -0.25) is 29.1 Å². The number of anilines is 2. The molecule has 7 heterocycles. The molecule has 5 saturated heterocycles. The summed E-state index contributed by atoms with van der Waals surface area (Å²) >= 11 is 0. The van der Waals surface area contributed by atoms with Crippen molar-refractivity contribution in [3.05, 3.63) is 81.9 Å². The lowest BCUT2D eigenvalue weighted by atomic mass is 9.59. The van der Waals surface area contributed by atoms with Crippen molar-refractivity contribution in [3.8, 4) is 17.6 Å². The van der Waals surface area contributed by atoms with Gasteiger partial charge in [-0.25, -0.2) is 28.1 Å². The molecule has 67 heavy (non-hydrogen) atoms. The SMILES string of the molecule is Cn1nc(N2CCC(=O)NC2=O)c2cc(F)c(N3CC4(CC(N5CCC6(CC5)C[C@@H](n5cnc7ccc(Oc8c(F)ccc(C9C(F)CCN9S(N)(=O)=O)c8C#N)cc7c5=O)CO6)C4)C3)cc21. The molecular weight excluding hydrogens is 896 g/mol. The standard InChI is InChI=1S/C45H46F3N11O7S/c1-54-36-16-37(34(48)15-30(36)41(53-54)57-10-7-38(60)52-43(57)62)56-22-44(23-56)17-25(18-44)55-12-8-45(9-13-55)19-26(21-65-45)58-24-51-35-5-2-27(14-29(35)42(58)61)66-40-31(20-49)28(3-4-33(40)47)39-32(46)6-11-59(39)67(50,63)64/h2-5,14-16,24-26,32,39H,6-13,17-19,21-23H2,1H3,(H2,50,63,64)(H,52,60,62)/t26-,32?,39?/m1/s1. The van der Waals surface area contributed by atoms with E-state index in [0.717, 1.165) is 68.3 Å². The summed E-state index contributed by atoms with van der Waals surface area (Å²) in [5.41, 5.74) is 0.433. The lowest BCUT2D eigenvalue weighted by Gasteiger charge is -2.62. The molecular formula is C45H46F3N11O7S. The van der Waals surface area contributed by atoms with Gasteiger partial charge in [0.2, 0.25) is 5.91 Å². The number of urea groups is 1. The summed E-state index contributed by atoms with van der Waals surface area (Å²) in [7, 11) is -2.59. The van der Waals surface area contributed by atoms with Gasteiger partial charge in [0.1, 0.15) is 29.4 Å². The van der Waals surface area contributed by atoms with E-state index < -0.39 is 51.2 Å². The number of nitrogens with one attached hydrogen (secondary N) is 1. The van der Waals surface area contributed by atoms with Gasteiger partial charge in [0.25, 0.3) is 15.8 Å². The van der Waals surface area contributed by atoms with Gasteiger partial charge in [-0.05, 0) is 80.5 Å². The van der Waals surface area contributed by atoms with Gasteiger partial charge in [-0.15, -0.1) is 0 Å². The Kier molecular flexibility index (Phi) is 10.2. The Hall–Kier alpha value is -6.12. The minimum Gasteiger partial charge on any atom is -0.453 e. The summed E-state index contributed by atoms with van der Waals surface area (Å²) in [5.74, 6) is -1.89. The maximum atomic E-state index is 15.7. The van der Waals surface area contributed by atoms with E-state index in [1.807, 2.05) is 6.07 Å². The van der Waals surface area contributed by atoms with Crippen molar-refractivity contribution in [3.63, 3.8) is 0 Å². The van der Waals surface area contributed by atoms with E-state index in [1.165, 1.54) is 35.5 Å². The molecule has 5 aliphatic heterocycles. The Morgan fingerprint density at radius 1 is 0.970 bits per heavy atom. The molecule has 18 nitrogen and oxygen atoms in total. The van der Waals surface area contributed by atoms with Crippen molar-refractivity contribution in [2.24, 2.45) is 17.6 Å². The Labute approximate surface area is 381 Å². The molecule has 22 heteroatoms. The highest BCUT2D eigenvalue weighted by Gasteiger charge is 2.55. The van der Waals surface area contributed by atoms with Crippen LogP contribution in [0.2, 0.25) is 0 Å². The van der Waals surface area contributed by atoms with Crippen LogP contribution in [0.5, 0.6) is 11.5 Å². The Bertz CT molecular complexity index is 3120. The molecule has 6 fully saturated rings. The highest BCUT2D eigenvalue weighted by molar-refractivity contribution is 7.86. The van der Waals surface area contributed by atoms with Crippen LogP contribution in [0, 0.1) is 28.4 Å². The number of carbonyl (C=O) groups excluding carboxylic acids is 2. The molecule has 3 aromatic carbocycles. The number of alkyl halides is 1. The quantitative estimate of drug-likeness (QED) is 0.221. The number of amides is 3. The summed E-state index contributed by atoms with van der Waals surface area (Å²) in [5, 5.41) is 22.9. The zero-order valence-corrected chi connectivity index (χ0v) is 37.1. The van der Waals surface area contributed by atoms with E-state index in [1.54, 1.807) is 22.4 Å². The predicted octanol–water partition coefficient (Wildman–Crippen LogP) is 4.43. The van der Waals surface area contributed by atoms with Crippen LogP contribution in [-0.4, -0.2) is 113 Å². The summed E-state index contributed by atoms with van der Waals surface area (Å²) < 4.78 is 86.9. The first kappa shape index (κ1) is 43.5. The van der Waals surface area contributed by atoms with Crippen molar-refractivity contribution in [2.75, 3.05) is 55.7 Å². The normalized spacial score (nSPS) is 24.4. The third kappa shape index (κ3) is 7.29. The molecule has 2 unspecified atom stereocenters. The van der Waals surface area contributed by atoms with E-state index in [-0.39, 0.29) is 71.4 Å². The zero-order chi connectivity index (χ0) is 46.7. The molecule has 6 aliphatic rings. The first-order valence-corrected chi connectivity index (χ1v) is 23.8. The van der Waals surface area contributed by atoms with Gasteiger partial charge in [0, 0.05) is 69.6 Å². The number of aromatic nitrogens is 4. The second-order valence-electron chi connectivity index (χ2n) is 18.9. The maximum absolute atomic E-state index is 15.7. The van der Waals surface area contributed by atoms with E-state index in [4.69, 9.17) is 14.6 Å². The van der Waals surface area contributed by atoms with E-state index >= 15 is 13.2 Å². The molecule has 2 aromatic heterocycles. The first-order valence-electron chi connectivity index (χ1n) is 22.3. The number of carbonyl (C=O) groups is 2. The molecule has 2 spiro atoms. The number of benzene rings is 3. The predicted molar refractivity (Wildman–Crippen MR) is 236 cm³/mol. The third-order valence-electron chi connectivity index (χ3n) is 14.9. The van der Waals surface area contributed by atoms with Gasteiger partial charge in [-0.1, -0.05) is 6.07 Å². The molecule has 1 aliphatic carbocycles. The van der Waals surface area contributed by atoms with Gasteiger partial charge in [-0.2, -0.15) is 23.1 Å². The second kappa shape index (κ2) is 15.7. The number of fused-ring (bicyclic) bond motifs is 2. The number of hydrogen-bond donors (Lipinski definition) is 2. The molecule has 350 valence electrons. The van der Waals surface area contributed by atoms with E-state index in [9.17, 15) is 28.1 Å². The molecule has 3 N–H and O–H groups in total. The zero-order valence-electron chi connectivity index (χ0n) is 36.3. The summed E-state index contributed by atoms with van der Waals surface area (Å²) in [6.45, 7) is 3.45. The summed E-state index contributed by atoms with van der Waals surface area (Å²) in [6, 6.07) is 9.70. The van der Waals surface area contributed by atoms with Crippen LogP contribution in [0.15, 0.2) is 53.6 Å². The van der Waals surface area contributed by atoms with Crippen molar-refractivity contribution in [2.45, 2.75) is 74.8 Å². The highest BCUT2D eigenvalue weighted by Crippen LogP contribution is 2.53. The van der Waals surface area contributed by atoms with E-state index in [0.29, 0.717) is 47.0 Å². The van der Waals surface area contributed by atoms with Crippen LogP contribution >= 0.6 is 0 Å². The largest absolute Gasteiger partial charge is 0.453 e. The van der Waals surface area contributed by atoms with Crippen LogP contribution in [0.25, 0.3) is 21.8 Å². The molecule has 11 rings (SSSR count). The lowest BCUT2D eigenvalue weighted by molar-refractivity contribution is -0.120. The number of nitrogens with zero attached hydrogens (tertiary/aromatic N) is 9. The van der Waals surface area contributed by atoms with Gasteiger partial charge in [0.05, 0.1) is 52.7 Å². The van der Waals surface area contributed by atoms with Crippen molar-refractivity contribution >= 4 is 55.5 Å². The van der Waals surface area contributed by atoms with E-state index in [2.05, 4.69) is 25.2 Å². The molecule has 0 radical (unpaired) electrons. The monoisotopic (exact) mass is 941 g/mol. The number of imide groups is 1. The Morgan fingerprint density at radius 3 is 2.48 bits per heavy atom. The summed E-state index contributed by atoms with van der Waals surface area (Å²) in [6.07, 6.45) is 4.02. The van der Waals surface area contributed by atoms with Crippen LogP contribution in [0.4, 0.5) is 29.5 Å². The smallest absolute Gasteiger partial charge is 0.329 e. The van der Waals surface area contributed by atoms with Crippen LogP contribution in [-0.2, 0) is 26.8 Å². The van der Waals surface area contributed by atoms with Crippen LogP contribution in [0.3, 0.4) is 0 Å². The number of ether oxygens (including phenoxy) is 2. The number of rotatable bonds is 8. The van der Waals surface area contributed by atoms with Crippen molar-refractivity contribution in [1.29, 1.82) is 5.26 Å². The summed E-state index contributed by atoms with van der Waals surface area (Å²) in [4.78, 5) is 48.7. The molecule has 0 bridgehead atoms. The minimum absolute atomic E-state index is 0.0149. The fourth-order valence-electron chi connectivity index (χ4n) is 11.4. The number of aryl methyl sites for hydroxylation is 1. The molecule has 3 amide bonds. The van der Waals surface area contributed by atoms with Gasteiger partial charge in [0.15, 0.2) is 17.4 Å². The average Bonchev–Trinajstić information content (AvgIpc) is 3.96. The van der Waals surface area contributed by atoms with Crippen molar-refractivity contribution in [1.82, 2.24) is 33.9 Å².